The van der Waals surface area contributed by atoms with Crippen molar-refractivity contribution in [1.82, 2.24) is 0 Å². The van der Waals surface area contributed by atoms with Gasteiger partial charge in [0.25, 0.3) is 0 Å². The Labute approximate surface area is 159 Å². The van der Waals surface area contributed by atoms with E-state index in [0.29, 0.717) is 36.1 Å². The standard InChI is InChI=1S/C22H28O5/c1-2-3-4-5-6-11-19-21(25)15-18(27-22(19)26)10-8-7-9-16-14-17(23)12-13-20(16)24/h7,9,12-15,23-25H,2-6,8,10-11H2,1H3/b9-7+. The van der Waals surface area contributed by atoms with Gasteiger partial charge < -0.3 is 19.7 Å². The van der Waals surface area contributed by atoms with E-state index >= 15 is 0 Å². The van der Waals surface area contributed by atoms with Gasteiger partial charge in [-0.15, -0.1) is 0 Å². The Morgan fingerprint density at radius 2 is 1.74 bits per heavy atom. The number of phenols is 2. The van der Waals surface area contributed by atoms with Crippen LogP contribution in [0.2, 0.25) is 0 Å². The lowest BCUT2D eigenvalue weighted by atomic mass is 10.1. The van der Waals surface area contributed by atoms with Crippen LogP contribution in [0.25, 0.3) is 6.08 Å². The molecule has 27 heavy (non-hydrogen) atoms. The minimum Gasteiger partial charge on any atom is -0.508 e. The van der Waals surface area contributed by atoms with Gasteiger partial charge in [-0.1, -0.05) is 44.8 Å². The summed E-state index contributed by atoms with van der Waals surface area (Å²) >= 11 is 0. The van der Waals surface area contributed by atoms with E-state index in [0.717, 1.165) is 19.3 Å². The molecule has 146 valence electrons. The number of unbranched alkanes of at least 4 members (excludes halogenated alkanes) is 4. The summed E-state index contributed by atoms with van der Waals surface area (Å²) in [6, 6.07) is 5.82. The lowest BCUT2D eigenvalue weighted by Gasteiger charge is -2.05. The van der Waals surface area contributed by atoms with Gasteiger partial charge >= 0.3 is 5.63 Å². The van der Waals surface area contributed by atoms with Gasteiger partial charge in [-0.2, -0.15) is 0 Å². The molecule has 0 aliphatic carbocycles. The highest BCUT2D eigenvalue weighted by molar-refractivity contribution is 5.58. The second-order valence-electron chi connectivity index (χ2n) is 6.71. The monoisotopic (exact) mass is 372 g/mol. The van der Waals surface area contributed by atoms with Crippen molar-refractivity contribution in [3.8, 4) is 17.2 Å². The maximum atomic E-state index is 12.1. The van der Waals surface area contributed by atoms with Crippen molar-refractivity contribution in [2.24, 2.45) is 0 Å². The summed E-state index contributed by atoms with van der Waals surface area (Å²) in [6.45, 7) is 2.15. The second-order valence-corrected chi connectivity index (χ2v) is 6.71. The number of hydrogen-bond donors (Lipinski definition) is 3. The van der Waals surface area contributed by atoms with Crippen LogP contribution in [0.3, 0.4) is 0 Å². The van der Waals surface area contributed by atoms with Gasteiger partial charge in [0.05, 0.1) is 5.56 Å². The molecule has 0 spiro atoms. The Morgan fingerprint density at radius 3 is 2.48 bits per heavy atom. The van der Waals surface area contributed by atoms with Gasteiger partial charge in [-0.25, -0.2) is 4.79 Å². The molecule has 5 heteroatoms. The lowest BCUT2D eigenvalue weighted by molar-refractivity contribution is 0.410. The van der Waals surface area contributed by atoms with Gasteiger partial charge in [-0.05, 0) is 37.5 Å². The Kier molecular flexibility index (Phi) is 7.99. The minimum absolute atomic E-state index is 0.00588. The second kappa shape index (κ2) is 10.5. The largest absolute Gasteiger partial charge is 0.508 e. The predicted molar refractivity (Wildman–Crippen MR) is 106 cm³/mol. The third kappa shape index (κ3) is 6.51. The first kappa shape index (κ1) is 20.6. The van der Waals surface area contributed by atoms with Crippen LogP contribution in [0, 0.1) is 0 Å². The molecule has 0 bridgehead atoms. The zero-order valence-corrected chi connectivity index (χ0v) is 15.8. The Morgan fingerprint density at radius 1 is 0.963 bits per heavy atom. The van der Waals surface area contributed by atoms with Crippen LogP contribution >= 0.6 is 0 Å². The van der Waals surface area contributed by atoms with Crippen molar-refractivity contribution in [3.63, 3.8) is 0 Å². The molecule has 0 amide bonds. The van der Waals surface area contributed by atoms with E-state index < -0.39 is 5.63 Å². The number of hydrogen-bond acceptors (Lipinski definition) is 5. The molecule has 0 unspecified atom stereocenters. The Balaban J connectivity index is 1.91. The number of allylic oxidation sites excluding steroid dienone is 1. The highest BCUT2D eigenvalue weighted by atomic mass is 16.4. The summed E-state index contributed by atoms with van der Waals surface area (Å²) in [7, 11) is 0. The molecule has 0 fully saturated rings. The van der Waals surface area contributed by atoms with E-state index in [9.17, 15) is 20.1 Å². The van der Waals surface area contributed by atoms with E-state index in [1.165, 1.54) is 37.1 Å². The third-order valence-corrected chi connectivity index (χ3v) is 4.47. The first-order chi connectivity index (χ1) is 13.0. The smallest absolute Gasteiger partial charge is 0.342 e. The van der Waals surface area contributed by atoms with Crippen molar-refractivity contribution in [1.29, 1.82) is 0 Å². The fraction of sp³-hybridized carbons (Fsp3) is 0.409. The number of phenolic OH excluding ortho intramolecular Hbond substituents is 2. The zero-order chi connectivity index (χ0) is 19.6. The van der Waals surface area contributed by atoms with Crippen molar-refractivity contribution in [2.75, 3.05) is 0 Å². The summed E-state index contributed by atoms with van der Waals surface area (Å²) < 4.78 is 5.32. The lowest BCUT2D eigenvalue weighted by Crippen LogP contribution is -2.09. The molecule has 0 saturated heterocycles. The molecule has 0 aliphatic rings. The Hall–Kier alpha value is -2.69. The van der Waals surface area contributed by atoms with Gasteiger partial charge in [0.1, 0.15) is 23.0 Å². The average molecular weight is 372 g/mol. The topological polar surface area (TPSA) is 90.9 Å². The molecule has 2 aromatic rings. The number of aryl methyl sites for hydroxylation is 1. The molecular weight excluding hydrogens is 344 g/mol. The quantitative estimate of drug-likeness (QED) is 0.407. The molecule has 0 saturated carbocycles. The van der Waals surface area contributed by atoms with Crippen LogP contribution in [0.4, 0.5) is 0 Å². The first-order valence-electron chi connectivity index (χ1n) is 9.54. The maximum Gasteiger partial charge on any atom is 0.342 e. The van der Waals surface area contributed by atoms with Crippen molar-refractivity contribution < 1.29 is 19.7 Å². The van der Waals surface area contributed by atoms with Gasteiger partial charge in [-0.3, -0.25) is 0 Å². The van der Waals surface area contributed by atoms with Crippen LogP contribution < -0.4 is 5.63 Å². The molecule has 0 aliphatic heterocycles. The number of benzene rings is 1. The summed E-state index contributed by atoms with van der Waals surface area (Å²) in [5, 5.41) is 29.3. The first-order valence-corrected chi connectivity index (χ1v) is 9.54. The van der Waals surface area contributed by atoms with Gasteiger partial charge in [0.2, 0.25) is 0 Å². The molecular formula is C22H28O5. The van der Waals surface area contributed by atoms with E-state index in [1.54, 1.807) is 6.08 Å². The third-order valence-electron chi connectivity index (χ3n) is 4.47. The van der Waals surface area contributed by atoms with Gasteiger partial charge in [0.15, 0.2) is 0 Å². The number of rotatable bonds is 10. The summed E-state index contributed by atoms with van der Waals surface area (Å²) in [6.07, 6.45) is 10.5. The van der Waals surface area contributed by atoms with Crippen molar-refractivity contribution in [3.05, 3.63) is 57.6 Å². The molecule has 1 aromatic heterocycles. The summed E-state index contributed by atoms with van der Waals surface area (Å²) in [4.78, 5) is 12.1. The fourth-order valence-corrected chi connectivity index (χ4v) is 2.92. The zero-order valence-electron chi connectivity index (χ0n) is 15.8. The fourth-order valence-electron chi connectivity index (χ4n) is 2.92. The molecule has 2 rings (SSSR count). The van der Waals surface area contributed by atoms with E-state index in [4.69, 9.17) is 4.42 Å². The van der Waals surface area contributed by atoms with E-state index in [-0.39, 0.29) is 17.2 Å². The molecule has 1 heterocycles. The van der Waals surface area contributed by atoms with E-state index in [2.05, 4.69) is 6.92 Å². The molecule has 0 atom stereocenters. The van der Waals surface area contributed by atoms with Gasteiger partial charge in [0, 0.05) is 18.1 Å². The molecule has 0 radical (unpaired) electrons. The summed E-state index contributed by atoms with van der Waals surface area (Å²) in [5.74, 6) is 0.591. The van der Waals surface area contributed by atoms with Crippen molar-refractivity contribution >= 4 is 6.08 Å². The van der Waals surface area contributed by atoms with Crippen molar-refractivity contribution in [2.45, 2.75) is 58.3 Å². The minimum atomic E-state index is -0.463. The molecule has 3 N–H and O–H groups in total. The SMILES string of the molecule is CCCCCCCc1c(O)cc(CC/C=C/c2cc(O)ccc2O)oc1=O. The van der Waals surface area contributed by atoms with Crippen LogP contribution in [0.5, 0.6) is 17.2 Å². The maximum absolute atomic E-state index is 12.1. The highest BCUT2D eigenvalue weighted by Crippen LogP contribution is 2.24. The summed E-state index contributed by atoms with van der Waals surface area (Å²) in [5.41, 5.74) is 0.406. The predicted octanol–water partition coefficient (Wildman–Crippen LogP) is 4.92. The van der Waals surface area contributed by atoms with Crippen LogP contribution in [0.15, 0.2) is 39.6 Å². The van der Waals surface area contributed by atoms with Crippen LogP contribution in [-0.2, 0) is 12.8 Å². The van der Waals surface area contributed by atoms with Crippen LogP contribution in [-0.4, -0.2) is 15.3 Å². The molecule has 5 nitrogen and oxygen atoms in total. The van der Waals surface area contributed by atoms with Crippen LogP contribution in [0.1, 0.15) is 62.3 Å². The number of aromatic hydroxyl groups is 3. The van der Waals surface area contributed by atoms with E-state index in [1.807, 2.05) is 6.08 Å². The highest BCUT2D eigenvalue weighted by Gasteiger charge is 2.10. The Bertz CT molecular complexity index is 820. The average Bonchev–Trinajstić information content (AvgIpc) is 2.63. The molecule has 1 aromatic carbocycles. The normalized spacial score (nSPS) is 11.3.